The highest BCUT2D eigenvalue weighted by Gasteiger charge is 2.41. The predicted molar refractivity (Wildman–Crippen MR) is 104 cm³/mol. The van der Waals surface area contributed by atoms with Crippen LogP contribution in [0.2, 0.25) is 0 Å². The molecule has 2 fully saturated rings. The molecule has 3 N–H and O–H groups in total. The van der Waals surface area contributed by atoms with Gasteiger partial charge in [0, 0.05) is 37.3 Å². The Morgan fingerprint density at radius 1 is 1.21 bits per heavy atom. The molecule has 0 aliphatic carbocycles. The molecule has 144 valence electrons. The highest BCUT2D eigenvalue weighted by Crippen LogP contribution is 2.34. The number of fused-ring (bicyclic) bond motifs is 2. The van der Waals surface area contributed by atoms with Gasteiger partial charge in [0.05, 0.1) is 17.3 Å². The van der Waals surface area contributed by atoms with E-state index in [2.05, 4.69) is 33.1 Å². The number of carbonyl (C=O) groups is 1. The van der Waals surface area contributed by atoms with Crippen LogP contribution in [-0.2, 0) is 0 Å². The summed E-state index contributed by atoms with van der Waals surface area (Å²) >= 11 is 0. The van der Waals surface area contributed by atoms with Gasteiger partial charge in [0.25, 0.3) is 11.5 Å². The monoisotopic (exact) mass is 378 g/mol. The Balaban J connectivity index is 1.42. The molecule has 8 heteroatoms. The van der Waals surface area contributed by atoms with E-state index < -0.39 is 0 Å². The average Bonchev–Trinajstić information content (AvgIpc) is 3.31. The number of H-pyrrole nitrogens is 1. The minimum atomic E-state index is -0.227. The molecule has 3 atom stereocenters. The first kappa shape index (κ1) is 17.2. The van der Waals surface area contributed by atoms with Crippen LogP contribution in [0.1, 0.15) is 34.1 Å². The van der Waals surface area contributed by atoms with E-state index >= 15 is 0 Å². The van der Waals surface area contributed by atoms with Crippen molar-refractivity contribution in [3.8, 4) is 0 Å². The maximum atomic E-state index is 13.2. The van der Waals surface area contributed by atoms with Crippen LogP contribution in [0.5, 0.6) is 0 Å². The first-order chi connectivity index (χ1) is 13.6. The fraction of sp³-hybridized carbons (Fsp3) is 0.350. The number of amides is 1. The first-order valence-electron chi connectivity index (χ1n) is 9.54. The zero-order chi connectivity index (χ0) is 19.3. The molecule has 1 aromatic carbocycles. The van der Waals surface area contributed by atoms with Crippen LogP contribution >= 0.6 is 0 Å². The molecule has 0 saturated carbocycles. The number of carbonyl (C=O) groups excluding carboxylic acids is 1. The van der Waals surface area contributed by atoms with Gasteiger partial charge in [0.1, 0.15) is 0 Å². The smallest absolute Gasteiger partial charge is 0.266 e. The zero-order valence-electron chi connectivity index (χ0n) is 15.6. The number of hydrogen-bond acceptors (Lipinski definition) is 5. The van der Waals surface area contributed by atoms with Crippen molar-refractivity contribution in [1.82, 2.24) is 30.3 Å². The van der Waals surface area contributed by atoms with Gasteiger partial charge in [-0.25, -0.2) is 14.9 Å². The van der Waals surface area contributed by atoms with Crippen LogP contribution in [0.25, 0.3) is 5.65 Å². The molecule has 4 heterocycles. The number of aromatic nitrogens is 3. The second-order valence-electron chi connectivity index (χ2n) is 7.56. The Labute approximate surface area is 161 Å². The number of likely N-dealkylation sites (tertiary alicyclic amines) is 1. The largest absolute Gasteiger partial charge is 0.338 e. The van der Waals surface area contributed by atoms with Crippen LogP contribution in [-0.4, -0.2) is 44.5 Å². The Hall–Kier alpha value is -2.97. The molecule has 2 saturated heterocycles. The van der Waals surface area contributed by atoms with Crippen LogP contribution in [0.3, 0.4) is 0 Å². The maximum Gasteiger partial charge on any atom is 0.266 e. The third-order valence-corrected chi connectivity index (χ3v) is 5.95. The fourth-order valence-corrected chi connectivity index (χ4v) is 4.44. The van der Waals surface area contributed by atoms with Crippen molar-refractivity contribution in [3.63, 3.8) is 0 Å². The summed E-state index contributed by atoms with van der Waals surface area (Å²) in [5.74, 6) is 0.252. The predicted octanol–water partition coefficient (Wildman–Crippen LogP) is 1.01. The summed E-state index contributed by atoms with van der Waals surface area (Å²) in [7, 11) is 0. The van der Waals surface area contributed by atoms with Crippen molar-refractivity contribution < 1.29 is 4.79 Å². The minimum Gasteiger partial charge on any atom is -0.338 e. The SMILES string of the molecule is Cc1c(C(=O)N2CCC3NNC(c4ccccc4)C3C2)cnc2cc(=O)[nH]n12. The van der Waals surface area contributed by atoms with Crippen LogP contribution in [0, 0.1) is 12.8 Å². The van der Waals surface area contributed by atoms with Crippen molar-refractivity contribution in [2.45, 2.75) is 25.4 Å². The number of nitrogens with one attached hydrogen (secondary N) is 3. The summed E-state index contributed by atoms with van der Waals surface area (Å²) < 4.78 is 1.58. The lowest BCUT2D eigenvalue weighted by Gasteiger charge is -2.36. The molecular weight excluding hydrogens is 356 g/mol. The number of aryl methyl sites for hydroxylation is 1. The number of hydrogen-bond donors (Lipinski definition) is 3. The lowest BCUT2D eigenvalue weighted by Crippen LogP contribution is -2.48. The second kappa shape index (κ2) is 6.57. The number of benzene rings is 1. The van der Waals surface area contributed by atoms with Gasteiger partial charge in [-0.3, -0.25) is 20.1 Å². The molecule has 1 amide bonds. The van der Waals surface area contributed by atoms with Gasteiger partial charge in [-0.05, 0) is 18.9 Å². The summed E-state index contributed by atoms with van der Waals surface area (Å²) in [6.07, 6.45) is 2.47. The highest BCUT2D eigenvalue weighted by atomic mass is 16.2. The Morgan fingerprint density at radius 3 is 2.86 bits per heavy atom. The lowest BCUT2D eigenvalue weighted by atomic mass is 9.85. The highest BCUT2D eigenvalue weighted by molar-refractivity contribution is 5.95. The van der Waals surface area contributed by atoms with E-state index in [0.29, 0.717) is 42.0 Å². The van der Waals surface area contributed by atoms with Gasteiger partial charge in [-0.1, -0.05) is 30.3 Å². The van der Waals surface area contributed by atoms with E-state index in [-0.39, 0.29) is 17.5 Å². The molecule has 2 aliphatic heterocycles. The van der Waals surface area contributed by atoms with E-state index in [9.17, 15) is 9.59 Å². The van der Waals surface area contributed by atoms with Crippen molar-refractivity contribution >= 4 is 11.6 Å². The summed E-state index contributed by atoms with van der Waals surface area (Å²) in [4.78, 5) is 31.0. The number of hydrazine groups is 1. The molecule has 0 radical (unpaired) electrons. The normalized spacial score (nSPS) is 24.5. The molecule has 3 unspecified atom stereocenters. The third-order valence-electron chi connectivity index (χ3n) is 5.95. The van der Waals surface area contributed by atoms with Crippen molar-refractivity contribution in [2.24, 2.45) is 5.92 Å². The second-order valence-corrected chi connectivity index (χ2v) is 7.56. The quantitative estimate of drug-likeness (QED) is 0.619. The van der Waals surface area contributed by atoms with Crippen LogP contribution in [0.4, 0.5) is 0 Å². The molecule has 0 spiro atoms. The summed E-state index contributed by atoms with van der Waals surface area (Å²) in [5, 5.41) is 2.70. The number of nitrogens with zero attached hydrogens (tertiary/aromatic N) is 3. The number of rotatable bonds is 2. The fourth-order valence-electron chi connectivity index (χ4n) is 4.44. The standard InChI is InChI=1S/C20H22N6O2/c1-12-14(10-21-17-9-18(27)24-26(12)17)20(28)25-8-7-16-15(11-25)19(23-22-16)13-5-3-2-4-6-13/h2-6,9-10,15-16,19,22-23H,7-8,11H2,1H3,(H,24,27). The first-order valence-corrected chi connectivity index (χ1v) is 9.54. The zero-order valence-corrected chi connectivity index (χ0v) is 15.6. The van der Waals surface area contributed by atoms with E-state index in [0.717, 1.165) is 6.42 Å². The Morgan fingerprint density at radius 2 is 2.04 bits per heavy atom. The molecule has 0 bridgehead atoms. The minimum absolute atomic E-state index is 0.0430. The van der Waals surface area contributed by atoms with E-state index in [4.69, 9.17) is 0 Å². The van der Waals surface area contributed by atoms with E-state index in [1.165, 1.54) is 11.6 Å². The third kappa shape index (κ3) is 2.73. The van der Waals surface area contributed by atoms with Crippen molar-refractivity contribution in [1.29, 1.82) is 0 Å². The molecule has 2 aromatic heterocycles. The molecule has 3 aromatic rings. The van der Waals surface area contributed by atoms with E-state index in [1.54, 1.807) is 10.7 Å². The topological polar surface area (TPSA) is 94.5 Å². The van der Waals surface area contributed by atoms with Gasteiger partial charge in [0.2, 0.25) is 0 Å². The van der Waals surface area contributed by atoms with Crippen LogP contribution < -0.4 is 16.4 Å². The summed E-state index contributed by atoms with van der Waals surface area (Å²) in [6.45, 7) is 3.19. The van der Waals surface area contributed by atoms with Crippen molar-refractivity contribution in [3.05, 3.63) is 69.8 Å². The van der Waals surface area contributed by atoms with Crippen LogP contribution in [0.15, 0.2) is 47.4 Å². The average molecular weight is 378 g/mol. The molecule has 28 heavy (non-hydrogen) atoms. The number of aromatic amines is 1. The molecule has 8 nitrogen and oxygen atoms in total. The Bertz CT molecular complexity index is 1090. The van der Waals surface area contributed by atoms with Gasteiger partial charge < -0.3 is 4.90 Å². The molecular formula is C20H22N6O2. The lowest BCUT2D eigenvalue weighted by molar-refractivity contribution is 0.0650. The van der Waals surface area contributed by atoms with Gasteiger partial charge in [-0.2, -0.15) is 0 Å². The maximum absolute atomic E-state index is 13.2. The Kier molecular flexibility index (Phi) is 4.03. The van der Waals surface area contributed by atoms with Gasteiger partial charge in [-0.15, -0.1) is 0 Å². The van der Waals surface area contributed by atoms with Gasteiger partial charge in [0.15, 0.2) is 5.65 Å². The van der Waals surface area contributed by atoms with Gasteiger partial charge >= 0.3 is 0 Å². The molecule has 5 rings (SSSR count). The van der Waals surface area contributed by atoms with Crippen molar-refractivity contribution in [2.75, 3.05) is 13.1 Å². The number of piperidine rings is 1. The summed E-state index contributed by atoms with van der Waals surface area (Å²) in [6, 6.07) is 12.3. The van der Waals surface area contributed by atoms with E-state index in [1.807, 2.05) is 30.0 Å². The molecule has 2 aliphatic rings. The summed E-state index contributed by atoms with van der Waals surface area (Å²) in [5.41, 5.74) is 9.54.